The van der Waals surface area contributed by atoms with Gasteiger partial charge in [0.2, 0.25) is 0 Å². The highest BCUT2D eigenvalue weighted by atomic mass is 15.2. The first-order chi connectivity index (χ1) is 38.4. The summed E-state index contributed by atoms with van der Waals surface area (Å²) in [5, 5.41) is 0. The number of allylic oxidation sites excluding steroid dienone is 4. The summed E-state index contributed by atoms with van der Waals surface area (Å²) in [4.78, 5) is 5.26. The van der Waals surface area contributed by atoms with Gasteiger partial charge in [0, 0.05) is 39.5 Å². The summed E-state index contributed by atoms with van der Waals surface area (Å²) in [5.74, 6) is 1.74. The Bertz CT molecular complexity index is 2650. The van der Waals surface area contributed by atoms with E-state index in [1.165, 1.54) is 178 Å². The van der Waals surface area contributed by atoms with Gasteiger partial charge in [0.15, 0.2) is 0 Å². The number of fused-ring (bicyclic) bond motifs is 2. The van der Waals surface area contributed by atoms with Crippen LogP contribution in [0.3, 0.4) is 0 Å². The van der Waals surface area contributed by atoms with Gasteiger partial charge < -0.3 is 9.80 Å². The highest BCUT2D eigenvalue weighted by molar-refractivity contribution is 5.88. The van der Waals surface area contributed by atoms with Gasteiger partial charge in [0.25, 0.3) is 0 Å². The molecule has 0 aromatic heterocycles. The first kappa shape index (κ1) is 61.8. The van der Waals surface area contributed by atoms with Gasteiger partial charge in [-0.25, -0.2) is 0 Å². The fourth-order valence-corrected chi connectivity index (χ4v) is 14.6. The molecule has 5 aromatic carbocycles. The van der Waals surface area contributed by atoms with Crippen molar-refractivity contribution in [3.63, 3.8) is 0 Å². The van der Waals surface area contributed by atoms with Crippen LogP contribution in [0.25, 0.3) is 5.57 Å². The van der Waals surface area contributed by atoms with Crippen LogP contribution in [0.2, 0.25) is 0 Å². The Morgan fingerprint density at radius 1 is 0.443 bits per heavy atom. The molecule has 2 unspecified atom stereocenters. The largest absolute Gasteiger partial charge is 0.314 e. The van der Waals surface area contributed by atoms with E-state index >= 15 is 0 Å². The third-order valence-corrected chi connectivity index (χ3v) is 20.9. The Morgan fingerprint density at radius 2 is 0.873 bits per heavy atom. The molecular weight excluding hydrogens is 953 g/mol. The maximum absolute atomic E-state index is 2.76. The molecule has 79 heavy (non-hydrogen) atoms. The Kier molecular flexibility index (Phi) is 22.9. The number of hydrogen-bond acceptors (Lipinski definition) is 2. The van der Waals surface area contributed by atoms with Crippen LogP contribution in [0.1, 0.15) is 289 Å². The van der Waals surface area contributed by atoms with Crippen molar-refractivity contribution in [3.05, 3.63) is 166 Å². The van der Waals surface area contributed by atoms with E-state index in [4.69, 9.17) is 0 Å². The first-order valence-corrected chi connectivity index (χ1v) is 33.0. The van der Waals surface area contributed by atoms with Crippen molar-refractivity contribution in [2.45, 2.75) is 272 Å². The molecule has 0 saturated heterocycles. The van der Waals surface area contributed by atoms with Crippen LogP contribution in [0, 0.1) is 5.92 Å². The summed E-state index contributed by atoms with van der Waals surface area (Å²) in [6, 6.07) is 46.8. The predicted molar refractivity (Wildman–Crippen MR) is 350 cm³/mol. The molecular formula is C77H110N2. The molecule has 5 aromatic rings. The lowest BCUT2D eigenvalue weighted by Gasteiger charge is -2.40. The molecule has 2 heteroatoms. The van der Waals surface area contributed by atoms with E-state index in [2.05, 4.69) is 221 Å². The molecule has 2 atom stereocenters. The van der Waals surface area contributed by atoms with Gasteiger partial charge in [-0.2, -0.15) is 0 Å². The zero-order valence-electron chi connectivity index (χ0n) is 52.6. The topological polar surface area (TPSA) is 6.48 Å². The van der Waals surface area contributed by atoms with Crippen LogP contribution < -0.4 is 9.80 Å². The van der Waals surface area contributed by atoms with Gasteiger partial charge in [0.05, 0.1) is 0 Å². The average molecular weight is 1060 g/mol. The van der Waals surface area contributed by atoms with Crippen LogP contribution >= 0.6 is 0 Å². The van der Waals surface area contributed by atoms with Crippen LogP contribution in [0.5, 0.6) is 0 Å². The van der Waals surface area contributed by atoms with Crippen molar-refractivity contribution in [3.8, 4) is 0 Å². The Morgan fingerprint density at radius 3 is 1.32 bits per heavy atom. The minimum absolute atomic E-state index is 0.0744. The number of benzene rings is 5. The van der Waals surface area contributed by atoms with Gasteiger partial charge in [0.1, 0.15) is 0 Å². The third-order valence-electron chi connectivity index (χ3n) is 20.9. The van der Waals surface area contributed by atoms with Crippen molar-refractivity contribution in [2.24, 2.45) is 5.92 Å². The summed E-state index contributed by atoms with van der Waals surface area (Å²) in [7, 11) is 0. The van der Waals surface area contributed by atoms with Crippen molar-refractivity contribution in [1.82, 2.24) is 0 Å². The number of hydrogen-bond donors (Lipinski definition) is 0. The molecule has 0 heterocycles. The zero-order valence-corrected chi connectivity index (χ0v) is 52.6. The maximum atomic E-state index is 2.76. The van der Waals surface area contributed by atoms with Crippen LogP contribution in [-0.4, -0.2) is 0 Å². The molecule has 2 aliphatic rings. The van der Waals surface area contributed by atoms with E-state index in [1.807, 2.05) is 0 Å². The van der Waals surface area contributed by atoms with Crippen molar-refractivity contribution < 1.29 is 0 Å². The van der Waals surface area contributed by atoms with E-state index in [0.717, 1.165) is 38.5 Å². The Balaban J connectivity index is 1.42. The Labute approximate surface area is 485 Å². The summed E-state index contributed by atoms with van der Waals surface area (Å²) in [6.07, 6.45) is 32.3. The SMILES string of the molecule is CCCCCCCCC1(CCCCCCCC)C2=C(CCC(N(c3ccc(C(C)CC)cc3)c3ccc(C(CC)(CC)C(CC)CC)cc3)=C2)c2ccc(N(c3ccc(C(C)CC)cc3)c3ccc(C(C)(CC)CC)cc3)cc21. The van der Waals surface area contributed by atoms with E-state index in [1.54, 1.807) is 16.7 Å². The minimum Gasteiger partial charge on any atom is -0.314 e. The number of nitrogens with zero attached hydrogens (tertiary/aromatic N) is 2. The van der Waals surface area contributed by atoms with Crippen molar-refractivity contribution >= 4 is 34.0 Å². The normalized spacial score (nSPS) is 15.0. The van der Waals surface area contributed by atoms with Gasteiger partial charge in [-0.15, -0.1) is 0 Å². The van der Waals surface area contributed by atoms with Crippen LogP contribution in [-0.2, 0) is 16.2 Å². The lowest BCUT2D eigenvalue weighted by atomic mass is 9.65. The number of unbranched alkanes of at least 4 members (excludes halogenated alkanes) is 10. The molecule has 0 aliphatic heterocycles. The molecule has 428 valence electrons. The molecule has 0 spiro atoms. The van der Waals surface area contributed by atoms with Crippen LogP contribution in [0.4, 0.5) is 28.4 Å². The standard InChI is InChI=1S/C77H110N2/c1-14-24-26-28-30-32-54-77(55-33-31-29-27-25-15-2)73-56-69(78(65-42-34-60(35-43-65)58(11)16-3)67-46-38-63(39-47-67)75(13,20-7)21-8)50-52-71(73)72-53-51-70(57-74(72)77)79(66-44-36-61(37-45-66)59(12)17-4)68-48-40-64(41-49-68)76(22-9,23-10)62(18-5)19-6/h34-50,52,56-59,62H,14-33,51,53-55H2,1-13H3. The monoisotopic (exact) mass is 1060 g/mol. The second-order valence-corrected chi connectivity index (χ2v) is 25.1. The van der Waals surface area contributed by atoms with Crippen molar-refractivity contribution in [1.29, 1.82) is 0 Å². The smallest absolute Gasteiger partial charge is 0.0465 e. The lowest BCUT2D eigenvalue weighted by Crippen LogP contribution is -2.33. The van der Waals surface area contributed by atoms with Gasteiger partial charge in [-0.05, 0) is 204 Å². The van der Waals surface area contributed by atoms with Gasteiger partial charge in [-0.1, -0.05) is 234 Å². The quantitative estimate of drug-likeness (QED) is 0.0386. The molecule has 0 bridgehead atoms. The minimum atomic E-state index is -0.0744. The highest BCUT2D eigenvalue weighted by Crippen LogP contribution is 2.58. The van der Waals surface area contributed by atoms with E-state index in [0.29, 0.717) is 17.8 Å². The third kappa shape index (κ3) is 13.6. The van der Waals surface area contributed by atoms with E-state index in [9.17, 15) is 0 Å². The van der Waals surface area contributed by atoms with Crippen LogP contribution in [0.15, 0.2) is 133 Å². The summed E-state index contributed by atoms with van der Waals surface area (Å²) >= 11 is 0. The fraction of sp³-hybridized carbons (Fsp3) is 0.558. The molecule has 0 radical (unpaired) electrons. The van der Waals surface area contributed by atoms with Gasteiger partial charge in [-0.3, -0.25) is 0 Å². The summed E-state index contributed by atoms with van der Waals surface area (Å²) < 4.78 is 0. The highest BCUT2D eigenvalue weighted by Gasteiger charge is 2.45. The molecule has 0 saturated carbocycles. The zero-order chi connectivity index (χ0) is 56.6. The molecule has 0 fully saturated rings. The second kappa shape index (κ2) is 29.2. The average Bonchev–Trinajstić information content (AvgIpc) is 3.99. The lowest BCUT2D eigenvalue weighted by molar-refractivity contribution is 0.231. The second-order valence-electron chi connectivity index (χ2n) is 25.1. The van der Waals surface area contributed by atoms with Gasteiger partial charge >= 0.3 is 0 Å². The van der Waals surface area contributed by atoms with Crippen molar-refractivity contribution in [2.75, 3.05) is 9.80 Å². The summed E-state index contributed by atoms with van der Waals surface area (Å²) in [5.41, 5.74) is 20.2. The van der Waals surface area contributed by atoms with E-state index in [-0.39, 0.29) is 16.2 Å². The number of rotatable bonds is 33. The maximum Gasteiger partial charge on any atom is 0.0465 e. The molecule has 0 amide bonds. The molecule has 7 rings (SSSR count). The first-order valence-electron chi connectivity index (χ1n) is 33.0. The Hall–Kier alpha value is -4.82. The number of anilines is 5. The molecule has 2 aliphatic carbocycles. The fourth-order valence-electron chi connectivity index (χ4n) is 14.6. The predicted octanol–water partition coefficient (Wildman–Crippen LogP) is 24.8. The molecule has 2 nitrogen and oxygen atoms in total. The van der Waals surface area contributed by atoms with E-state index < -0.39 is 0 Å². The summed E-state index contributed by atoms with van der Waals surface area (Å²) in [6.45, 7) is 30.9. The molecule has 0 N–H and O–H groups in total.